The molecule has 0 spiro atoms. The van der Waals surface area contributed by atoms with Crippen molar-refractivity contribution >= 4 is 17.2 Å². The minimum absolute atomic E-state index is 0.0155. The summed E-state index contributed by atoms with van der Waals surface area (Å²) >= 11 is 0. The van der Waals surface area contributed by atoms with Gasteiger partial charge in [-0.1, -0.05) is 6.07 Å². The largest absolute Gasteiger partial charge is 0.497 e. The normalized spacial score (nSPS) is 11.2. The second kappa shape index (κ2) is 8.10. The molecule has 0 aliphatic heterocycles. The van der Waals surface area contributed by atoms with Crippen molar-refractivity contribution < 1.29 is 22.7 Å². The summed E-state index contributed by atoms with van der Waals surface area (Å²) in [7, 11) is 1.52. The van der Waals surface area contributed by atoms with Crippen LogP contribution in [0.2, 0.25) is 0 Å². The number of amides is 1. The van der Waals surface area contributed by atoms with Gasteiger partial charge < -0.3 is 10.1 Å². The lowest BCUT2D eigenvalue weighted by Crippen LogP contribution is -2.13. The third-order valence-electron chi connectivity index (χ3n) is 4.78. The number of aryl methyl sites for hydroxylation is 1. The smallest absolute Gasteiger partial charge is 0.280 e. The predicted octanol–water partition coefficient (Wildman–Crippen LogP) is 5.04. The molecular formula is C22H17F3N4O2. The molecular weight excluding hydrogens is 409 g/mol. The molecule has 0 bridgehead atoms. The van der Waals surface area contributed by atoms with E-state index in [1.54, 1.807) is 37.3 Å². The van der Waals surface area contributed by atoms with E-state index in [1.807, 2.05) is 0 Å². The van der Waals surface area contributed by atoms with Gasteiger partial charge in [-0.05, 0) is 55.0 Å². The zero-order chi connectivity index (χ0) is 22.1. The number of methoxy groups -OCH3 is 1. The number of hydrogen-bond acceptors (Lipinski definition) is 4. The highest BCUT2D eigenvalue weighted by molar-refractivity contribution is 6.08. The summed E-state index contributed by atoms with van der Waals surface area (Å²) in [6, 6.07) is 12.2. The van der Waals surface area contributed by atoms with Crippen LogP contribution in [-0.2, 0) is 0 Å². The fourth-order valence-corrected chi connectivity index (χ4v) is 3.08. The van der Waals surface area contributed by atoms with Crippen LogP contribution in [0.15, 0.2) is 54.7 Å². The number of rotatable bonds is 5. The zero-order valence-corrected chi connectivity index (χ0v) is 16.6. The average Bonchev–Trinajstić information content (AvgIpc) is 3.19. The van der Waals surface area contributed by atoms with Crippen LogP contribution >= 0.6 is 0 Å². The maximum Gasteiger partial charge on any atom is 0.280 e. The van der Waals surface area contributed by atoms with E-state index < -0.39 is 23.8 Å². The fourth-order valence-electron chi connectivity index (χ4n) is 3.08. The summed E-state index contributed by atoms with van der Waals surface area (Å²) in [5.74, 6) is -0.510. The van der Waals surface area contributed by atoms with Gasteiger partial charge in [-0.3, -0.25) is 4.79 Å². The van der Waals surface area contributed by atoms with Crippen LogP contribution < -0.4 is 10.1 Å². The molecule has 0 aliphatic rings. The van der Waals surface area contributed by atoms with Crippen molar-refractivity contribution in [1.29, 1.82) is 0 Å². The quantitative estimate of drug-likeness (QED) is 0.485. The number of halogens is 3. The summed E-state index contributed by atoms with van der Waals surface area (Å²) in [6.45, 7) is 1.60. The molecule has 1 N–H and O–H groups in total. The van der Waals surface area contributed by atoms with Gasteiger partial charge in [0.25, 0.3) is 12.3 Å². The highest BCUT2D eigenvalue weighted by Gasteiger charge is 2.22. The van der Waals surface area contributed by atoms with Crippen molar-refractivity contribution in [3.8, 4) is 17.0 Å². The molecule has 0 radical (unpaired) electrons. The van der Waals surface area contributed by atoms with Crippen molar-refractivity contribution in [2.45, 2.75) is 13.3 Å². The molecule has 31 heavy (non-hydrogen) atoms. The molecule has 0 unspecified atom stereocenters. The lowest BCUT2D eigenvalue weighted by molar-refractivity contribution is 0.102. The van der Waals surface area contributed by atoms with Gasteiger partial charge >= 0.3 is 0 Å². The SMILES string of the molecule is COc1ccc(-c2cc(C(F)F)n3ncc(C(=O)Nc4ccc(C)c(F)c4)c3n2)cc1. The zero-order valence-electron chi connectivity index (χ0n) is 16.6. The second-order valence-electron chi connectivity index (χ2n) is 6.81. The average molecular weight is 426 g/mol. The Balaban J connectivity index is 1.78. The number of nitrogens with one attached hydrogen (secondary N) is 1. The molecule has 0 saturated heterocycles. The molecule has 158 valence electrons. The van der Waals surface area contributed by atoms with Crippen LogP contribution in [0.1, 0.15) is 28.0 Å². The van der Waals surface area contributed by atoms with E-state index in [9.17, 15) is 18.0 Å². The third kappa shape index (κ3) is 3.94. The minimum atomic E-state index is -2.84. The molecule has 2 aromatic heterocycles. The summed E-state index contributed by atoms with van der Waals surface area (Å²) in [6.07, 6.45) is -1.68. The lowest BCUT2D eigenvalue weighted by Gasteiger charge is -2.09. The Bertz CT molecular complexity index is 1270. The molecule has 6 nitrogen and oxygen atoms in total. The number of benzene rings is 2. The van der Waals surface area contributed by atoms with Gasteiger partial charge in [-0.25, -0.2) is 22.7 Å². The van der Waals surface area contributed by atoms with Gasteiger partial charge in [-0.2, -0.15) is 5.10 Å². The van der Waals surface area contributed by atoms with Crippen molar-refractivity contribution in [2.75, 3.05) is 12.4 Å². The van der Waals surface area contributed by atoms with Crippen molar-refractivity contribution in [1.82, 2.24) is 14.6 Å². The van der Waals surface area contributed by atoms with Crippen LogP contribution in [0.25, 0.3) is 16.9 Å². The van der Waals surface area contributed by atoms with E-state index >= 15 is 0 Å². The molecule has 9 heteroatoms. The molecule has 0 saturated carbocycles. The first-order valence-corrected chi connectivity index (χ1v) is 9.26. The predicted molar refractivity (Wildman–Crippen MR) is 109 cm³/mol. The van der Waals surface area contributed by atoms with Crippen LogP contribution in [0.4, 0.5) is 18.9 Å². The van der Waals surface area contributed by atoms with Crippen LogP contribution in [-0.4, -0.2) is 27.6 Å². The van der Waals surface area contributed by atoms with Crippen LogP contribution in [0.3, 0.4) is 0 Å². The highest BCUT2D eigenvalue weighted by Crippen LogP contribution is 2.28. The van der Waals surface area contributed by atoms with E-state index in [-0.39, 0.29) is 22.6 Å². The van der Waals surface area contributed by atoms with Crippen LogP contribution in [0.5, 0.6) is 5.75 Å². The molecule has 2 aromatic carbocycles. The maximum absolute atomic E-state index is 13.8. The molecule has 1 amide bonds. The highest BCUT2D eigenvalue weighted by atomic mass is 19.3. The molecule has 0 atom stereocenters. The van der Waals surface area contributed by atoms with E-state index in [0.29, 0.717) is 16.9 Å². The number of carbonyl (C=O) groups is 1. The first-order chi connectivity index (χ1) is 14.9. The Hall–Kier alpha value is -3.88. The van der Waals surface area contributed by atoms with E-state index in [4.69, 9.17) is 4.74 Å². The Labute approximate surface area is 175 Å². The Morgan fingerprint density at radius 2 is 1.87 bits per heavy atom. The summed E-state index contributed by atoms with van der Waals surface area (Å²) in [5.41, 5.74) is 1.03. The maximum atomic E-state index is 13.8. The molecule has 0 fully saturated rings. The number of ether oxygens (including phenoxy) is 1. The number of nitrogens with zero attached hydrogens (tertiary/aromatic N) is 3. The number of alkyl halides is 2. The summed E-state index contributed by atoms with van der Waals surface area (Å²) in [5, 5.41) is 6.47. The summed E-state index contributed by atoms with van der Waals surface area (Å²) < 4.78 is 47.2. The number of anilines is 1. The standard InChI is InChI=1S/C22H17F3N4O2/c1-12-3-6-14(9-17(12)23)27-22(30)16-11-26-29-19(20(24)25)10-18(28-21(16)29)13-4-7-15(31-2)8-5-13/h3-11,20H,1-2H3,(H,27,30). The topological polar surface area (TPSA) is 68.5 Å². The lowest BCUT2D eigenvalue weighted by atomic mass is 10.1. The van der Waals surface area contributed by atoms with Crippen LogP contribution in [0, 0.1) is 12.7 Å². The number of carbonyl (C=O) groups excluding carboxylic acids is 1. The third-order valence-corrected chi connectivity index (χ3v) is 4.78. The Morgan fingerprint density at radius 1 is 1.13 bits per heavy atom. The van der Waals surface area contributed by atoms with E-state index in [2.05, 4.69) is 15.4 Å². The molecule has 4 rings (SSSR count). The van der Waals surface area contributed by atoms with Gasteiger partial charge in [0.1, 0.15) is 22.8 Å². The summed E-state index contributed by atoms with van der Waals surface area (Å²) in [4.78, 5) is 17.2. The first kappa shape index (κ1) is 20.4. The van der Waals surface area contributed by atoms with Gasteiger partial charge in [0.05, 0.1) is 19.0 Å². The van der Waals surface area contributed by atoms with Gasteiger partial charge in [0, 0.05) is 11.3 Å². The van der Waals surface area contributed by atoms with Gasteiger partial charge in [0.15, 0.2) is 5.65 Å². The second-order valence-corrected chi connectivity index (χ2v) is 6.81. The molecule has 4 aromatic rings. The first-order valence-electron chi connectivity index (χ1n) is 9.26. The van der Waals surface area contributed by atoms with Gasteiger partial charge in [-0.15, -0.1) is 0 Å². The fraction of sp³-hybridized carbons (Fsp3) is 0.136. The van der Waals surface area contributed by atoms with E-state index in [0.717, 1.165) is 10.7 Å². The van der Waals surface area contributed by atoms with Crippen molar-refractivity contribution in [3.63, 3.8) is 0 Å². The Kier molecular flexibility index (Phi) is 5.33. The van der Waals surface area contributed by atoms with E-state index in [1.165, 1.54) is 25.3 Å². The van der Waals surface area contributed by atoms with Gasteiger partial charge in [0.2, 0.25) is 0 Å². The number of fused-ring (bicyclic) bond motifs is 1. The molecule has 0 aliphatic carbocycles. The number of aromatic nitrogens is 3. The van der Waals surface area contributed by atoms with Crippen molar-refractivity contribution in [3.05, 3.63) is 77.4 Å². The minimum Gasteiger partial charge on any atom is -0.497 e. The Morgan fingerprint density at radius 3 is 2.52 bits per heavy atom. The number of hydrogen-bond donors (Lipinski definition) is 1. The molecule has 2 heterocycles. The van der Waals surface area contributed by atoms with Crippen molar-refractivity contribution in [2.24, 2.45) is 0 Å². The monoisotopic (exact) mass is 426 g/mol.